The largest absolute Gasteiger partial charge is 0.457 e. The molecular formula is C19H14F3NO. The second kappa shape index (κ2) is 6.28. The number of anilines is 1. The van der Waals surface area contributed by atoms with E-state index in [0.29, 0.717) is 5.75 Å². The van der Waals surface area contributed by atoms with Crippen LogP contribution in [0.1, 0.15) is 5.56 Å². The third kappa shape index (κ3) is 3.51. The molecule has 0 aromatic heterocycles. The molecule has 2 nitrogen and oxygen atoms in total. The summed E-state index contributed by atoms with van der Waals surface area (Å²) in [5, 5.41) is 0. The molecule has 0 bridgehead atoms. The van der Waals surface area contributed by atoms with Crippen LogP contribution in [0.2, 0.25) is 0 Å². The van der Waals surface area contributed by atoms with Crippen LogP contribution in [0, 0.1) is 0 Å². The van der Waals surface area contributed by atoms with E-state index in [9.17, 15) is 13.2 Å². The van der Waals surface area contributed by atoms with Crippen LogP contribution in [0.3, 0.4) is 0 Å². The minimum atomic E-state index is -4.53. The summed E-state index contributed by atoms with van der Waals surface area (Å²) in [4.78, 5) is 0. The number of benzene rings is 3. The van der Waals surface area contributed by atoms with Crippen molar-refractivity contribution < 1.29 is 17.9 Å². The van der Waals surface area contributed by atoms with Crippen molar-refractivity contribution in [3.63, 3.8) is 0 Å². The van der Waals surface area contributed by atoms with Crippen molar-refractivity contribution >= 4 is 5.69 Å². The highest BCUT2D eigenvalue weighted by Crippen LogP contribution is 2.39. The van der Waals surface area contributed by atoms with Gasteiger partial charge in [0.25, 0.3) is 0 Å². The Morgan fingerprint density at radius 1 is 0.750 bits per heavy atom. The Labute approximate surface area is 137 Å². The number of nitrogen functional groups attached to an aromatic ring is 1. The minimum absolute atomic E-state index is 0.0362. The maximum Gasteiger partial charge on any atom is 0.420 e. The molecule has 0 aliphatic rings. The highest BCUT2D eigenvalue weighted by Gasteiger charge is 2.34. The topological polar surface area (TPSA) is 35.2 Å². The summed E-state index contributed by atoms with van der Waals surface area (Å²) in [5.41, 5.74) is 6.56. The van der Waals surface area contributed by atoms with Crippen LogP contribution < -0.4 is 10.5 Å². The lowest BCUT2D eigenvalue weighted by atomic mass is 10.1. The van der Waals surface area contributed by atoms with Crippen molar-refractivity contribution in [3.05, 3.63) is 78.4 Å². The van der Waals surface area contributed by atoms with E-state index in [4.69, 9.17) is 10.5 Å². The lowest BCUT2D eigenvalue weighted by molar-refractivity contribution is -0.138. The van der Waals surface area contributed by atoms with E-state index < -0.39 is 11.7 Å². The van der Waals surface area contributed by atoms with Gasteiger partial charge < -0.3 is 10.5 Å². The third-order valence-corrected chi connectivity index (χ3v) is 3.50. The summed E-state index contributed by atoms with van der Waals surface area (Å²) in [5.74, 6) is 0.0501. The van der Waals surface area contributed by atoms with Gasteiger partial charge >= 0.3 is 6.18 Å². The summed E-state index contributed by atoms with van der Waals surface area (Å²) < 4.78 is 44.6. The molecule has 0 saturated carbocycles. The minimum Gasteiger partial charge on any atom is -0.457 e. The Bertz CT molecular complexity index is 827. The summed E-state index contributed by atoms with van der Waals surface area (Å²) in [6.07, 6.45) is -4.53. The molecule has 0 fully saturated rings. The van der Waals surface area contributed by atoms with Crippen molar-refractivity contribution in [3.8, 4) is 22.6 Å². The molecule has 122 valence electrons. The van der Waals surface area contributed by atoms with E-state index in [1.165, 1.54) is 12.1 Å². The molecule has 0 radical (unpaired) electrons. The zero-order valence-electron chi connectivity index (χ0n) is 12.5. The van der Waals surface area contributed by atoms with Gasteiger partial charge in [0, 0.05) is 5.69 Å². The van der Waals surface area contributed by atoms with Crippen LogP contribution in [0.15, 0.2) is 72.8 Å². The van der Waals surface area contributed by atoms with Crippen LogP contribution in [-0.4, -0.2) is 0 Å². The maximum atomic E-state index is 13.1. The van der Waals surface area contributed by atoms with Gasteiger partial charge in [0.15, 0.2) is 0 Å². The van der Waals surface area contributed by atoms with Gasteiger partial charge in [-0.1, -0.05) is 42.5 Å². The van der Waals surface area contributed by atoms with Gasteiger partial charge in [0.05, 0.1) is 0 Å². The quantitative estimate of drug-likeness (QED) is 0.621. The number of halogens is 3. The van der Waals surface area contributed by atoms with Crippen molar-refractivity contribution in [2.45, 2.75) is 6.18 Å². The Kier molecular flexibility index (Phi) is 4.16. The van der Waals surface area contributed by atoms with Crippen molar-refractivity contribution in [1.82, 2.24) is 0 Å². The van der Waals surface area contributed by atoms with Crippen LogP contribution in [0.4, 0.5) is 18.9 Å². The van der Waals surface area contributed by atoms with Gasteiger partial charge in [0.1, 0.15) is 17.1 Å². The first-order valence-corrected chi connectivity index (χ1v) is 7.23. The van der Waals surface area contributed by atoms with E-state index in [1.54, 1.807) is 24.3 Å². The van der Waals surface area contributed by atoms with E-state index in [2.05, 4.69) is 0 Å². The Hall–Kier alpha value is -2.95. The van der Waals surface area contributed by atoms with Gasteiger partial charge in [-0.2, -0.15) is 13.2 Å². The average molecular weight is 329 g/mol. The summed E-state index contributed by atoms with van der Waals surface area (Å²) in [6, 6.07) is 20.0. The molecule has 5 heteroatoms. The molecule has 2 N–H and O–H groups in total. The maximum absolute atomic E-state index is 13.1. The Morgan fingerprint density at radius 3 is 2.00 bits per heavy atom. The summed E-state index contributed by atoms with van der Waals surface area (Å²) in [6.45, 7) is 0. The molecule has 0 aliphatic carbocycles. The highest BCUT2D eigenvalue weighted by molar-refractivity contribution is 5.64. The zero-order chi connectivity index (χ0) is 17.2. The van der Waals surface area contributed by atoms with Crippen molar-refractivity contribution in [2.24, 2.45) is 0 Å². The predicted octanol–water partition coefficient (Wildman–Crippen LogP) is 5.75. The van der Waals surface area contributed by atoms with Gasteiger partial charge in [0.2, 0.25) is 0 Å². The molecule has 0 saturated heterocycles. The molecular weight excluding hydrogens is 315 g/mol. The fraction of sp³-hybridized carbons (Fsp3) is 0.0526. The normalized spacial score (nSPS) is 11.3. The third-order valence-electron chi connectivity index (χ3n) is 3.50. The monoisotopic (exact) mass is 329 g/mol. The number of nitrogens with two attached hydrogens (primary N) is 1. The Balaban J connectivity index is 1.87. The van der Waals surface area contributed by atoms with Crippen molar-refractivity contribution in [1.29, 1.82) is 0 Å². The fourth-order valence-electron chi connectivity index (χ4n) is 2.33. The molecule has 3 aromatic carbocycles. The molecule has 3 aromatic rings. The lowest BCUT2D eigenvalue weighted by Gasteiger charge is -2.14. The predicted molar refractivity (Wildman–Crippen MR) is 87.8 cm³/mol. The first kappa shape index (κ1) is 15.9. The SMILES string of the molecule is Nc1ccc(Oc2ccc(-c3ccccc3)cc2)c(C(F)(F)F)c1. The van der Waals surface area contributed by atoms with E-state index in [-0.39, 0.29) is 11.4 Å². The highest BCUT2D eigenvalue weighted by atomic mass is 19.4. The van der Waals surface area contributed by atoms with Gasteiger partial charge in [-0.15, -0.1) is 0 Å². The van der Waals surface area contributed by atoms with Crippen LogP contribution in [0.5, 0.6) is 11.5 Å². The molecule has 0 unspecified atom stereocenters. The number of ether oxygens (including phenoxy) is 1. The number of hydrogen-bond donors (Lipinski definition) is 1. The number of rotatable bonds is 3. The van der Waals surface area contributed by atoms with E-state index >= 15 is 0 Å². The molecule has 0 heterocycles. The standard InChI is InChI=1S/C19H14F3NO/c20-19(21,22)17-12-15(23)8-11-18(17)24-16-9-6-14(7-10-16)13-4-2-1-3-5-13/h1-12H,23H2. The fourth-order valence-corrected chi connectivity index (χ4v) is 2.33. The van der Waals surface area contributed by atoms with Gasteiger partial charge in [-0.25, -0.2) is 0 Å². The second-order valence-corrected chi connectivity index (χ2v) is 5.25. The summed E-state index contributed by atoms with van der Waals surface area (Å²) in [7, 11) is 0. The number of hydrogen-bond acceptors (Lipinski definition) is 2. The zero-order valence-corrected chi connectivity index (χ0v) is 12.5. The first-order valence-electron chi connectivity index (χ1n) is 7.23. The average Bonchev–Trinajstić information content (AvgIpc) is 2.57. The van der Waals surface area contributed by atoms with Gasteiger partial charge in [-0.3, -0.25) is 0 Å². The van der Waals surface area contributed by atoms with Crippen LogP contribution in [0.25, 0.3) is 11.1 Å². The Morgan fingerprint density at radius 2 is 1.38 bits per heavy atom. The van der Waals surface area contributed by atoms with Crippen molar-refractivity contribution in [2.75, 3.05) is 5.73 Å². The molecule has 24 heavy (non-hydrogen) atoms. The lowest BCUT2D eigenvalue weighted by Crippen LogP contribution is -2.08. The molecule has 0 spiro atoms. The van der Waals surface area contributed by atoms with Crippen LogP contribution >= 0.6 is 0 Å². The summed E-state index contributed by atoms with van der Waals surface area (Å²) >= 11 is 0. The first-order chi connectivity index (χ1) is 11.4. The van der Waals surface area contributed by atoms with Gasteiger partial charge in [-0.05, 0) is 41.5 Å². The smallest absolute Gasteiger partial charge is 0.420 e. The van der Waals surface area contributed by atoms with E-state index in [0.717, 1.165) is 17.2 Å². The van der Waals surface area contributed by atoms with Crippen LogP contribution in [-0.2, 0) is 6.18 Å². The second-order valence-electron chi connectivity index (χ2n) is 5.25. The molecule has 0 aliphatic heterocycles. The number of alkyl halides is 3. The van der Waals surface area contributed by atoms with E-state index in [1.807, 2.05) is 30.3 Å². The molecule has 0 atom stereocenters. The molecule has 3 rings (SSSR count). The molecule has 0 amide bonds.